The minimum Gasteiger partial charge on any atom is -0.314 e. The van der Waals surface area contributed by atoms with Crippen molar-refractivity contribution >= 4 is 5.78 Å². The molecule has 0 spiro atoms. The van der Waals surface area contributed by atoms with Crippen LogP contribution < -0.4 is 5.32 Å². The lowest BCUT2D eigenvalue weighted by Gasteiger charge is -2.14. The van der Waals surface area contributed by atoms with Crippen molar-refractivity contribution in [1.29, 1.82) is 0 Å². The molecule has 0 radical (unpaired) electrons. The summed E-state index contributed by atoms with van der Waals surface area (Å²) in [6, 6.07) is 0.671. The lowest BCUT2D eigenvalue weighted by molar-refractivity contribution is -0.117. The topological polar surface area (TPSA) is 29.1 Å². The molecule has 0 bridgehead atoms. The fourth-order valence-electron chi connectivity index (χ4n) is 1.86. The van der Waals surface area contributed by atoms with Crippen molar-refractivity contribution in [3.63, 3.8) is 0 Å². The third-order valence-corrected chi connectivity index (χ3v) is 2.74. The van der Waals surface area contributed by atoms with Gasteiger partial charge >= 0.3 is 0 Å². The summed E-state index contributed by atoms with van der Waals surface area (Å²) in [5.41, 5.74) is 0. The molecule has 12 heavy (non-hydrogen) atoms. The molecule has 1 saturated heterocycles. The normalized spacial score (nSPS) is 29.2. The van der Waals surface area contributed by atoms with Gasteiger partial charge in [-0.2, -0.15) is 0 Å². The molecule has 1 aliphatic rings. The van der Waals surface area contributed by atoms with Crippen LogP contribution in [0, 0.1) is 5.92 Å². The van der Waals surface area contributed by atoms with E-state index in [2.05, 4.69) is 12.2 Å². The maximum absolute atomic E-state index is 10.7. The Morgan fingerprint density at radius 1 is 1.58 bits per heavy atom. The molecule has 2 nitrogen and oxygen atoms in total. The Hall–Kier alpha value is -0.370. The van der Waals surface area contributed by atoms with Gasteiger partial charge in [0, 0.05) is 12.5 Å². The van der Waals surface area contributed by atoms with Gasteiger partial charge in [0.05, 0.1) is 0 Å². The average molecular weight is 169 g/mol. The van der Waals surface area contributed by atoms with Crippen LogP contribution in [0.5, 0.6) is 0 Å². The molecule has 1 heterocycles. The first-order valence-corrected chi connectivity index (χ1v) is 4.93. The molecule has 70 valence electrons. The summed E-state index contributed by atoms with van der Waals surface area (Å²) in [7, 11) is 0. The number of carbonyl (C=O) groups is 1. The minimum absolute atomic E-state index is 0.320. The zero-order valence-electron chi connectivity index (χ0n) is 8.10. The van der Waals surface area contributed by atoms with Gasteiger partial charge < -0.3 is 10.1 Å². The van der Waals surface area contributed by atoms with Gasteiger partial charge in [-0.05, 0) is 38.6 Å². The lowest BCUT2D eigenvalue weighted by atomic mass is 9.98. The largest absolute Gasteiger partial charge is 0.314 e. The van der Waals surface area contributed by atoms with Crippen LogP contribution in [0.25, 0.3) is 0 Å². The number of carbonyl (C=O) groups excluding carboxylic acids is 1. The minimum atomic E-state index is 0.320. The number of Topliss-reactive ketones (excluding diaryl/α,β-unsaturated/α-hetero) is 1. The molecule has 0 aliphatic carbocycles. The van der Waals surface area contributed by atoms with E-state index < -0.39 is 0 Å². The highest BCUT2D eigenvalue weighted by Gasteiger charge is 2.21. The van der Waals surface area contributed by atoms with Crippen LogP contribution in [0.4, 0.5) is 0 Å². The first-order chi connectivity index (χ1) is 5.70. The molecule has 2 atom stereocenters. The Balaban J connectivity index is 2.10. The molecule has 2 heteroatoms. The van der Waals surface area contributed by atoms with Gasteiger partial charge in [0.25, 0.3) is 0 Å². The van der Waals surface area contributed by atoms with Crippen LogP contribution in [0.15, 0.2) is 0 Å². The SMILES string of the molecule is CC(=O)CCC[C@@H]1NCC[C@H]1C. The second-order valence-electron chi connectivity index (χ2n) is 3.92. The van der Waals surface area contributed by atoms with Crippen LogP contribution in [-0.4, -0.2) is 18.4 Å². The van der Waals surface area contributed by atoms with E-state index in [1.165, 1.54) is 12.8 Å². The summed E-state index contributed by atoms with van der Waals surface area (Å²) in [6.45, 7) is 5.12. The maximum Gasteiger partial charge on any atom is 0.129 e. The summed E-state index contributed by atoms with van der Waals surface area (Å²) < 4.78 is 0. The van der Waals surface area contributed by atoms with Crippen LogP contribution in [0.2, 0.25) is 0 Å². The van der Waals surface area contributed by atoms with E-state index in [9.17, 15) is 4.79 Å². The van der Waals surface area contributed by atoms with Gasteiger partial charge in [-0.15, -0.1) is 0 Å². The monoisotopic (exact) mass is 169 g/mol. The summed E-state index contributed by atoms with van der Waals surface area (Å²) >= 11 is 0. The van der Waals surface area contributed by atoms with Crippen LogP contribution in [0.3, 0.4) is 0 Å². The number of hydrogen-bond acceptors (Lipinski definition) is 2. The number of nitrogens with one attached hydrogen (secondary N) is 1. The van der Waals surface area contributed by atoms with Crippen molar-refractivity contribution in [3.05, 3.63) is 0 Å². The summed E-state index contributed by atoms with van der Waals surface area (Å²) in [6.07, 6.45) is 4.27. The van der Waals surface area contributed by atoms with E-state index in [-0.39, 0.29) is 0 Å². The van der Waals surface area contributed by atoms with E-state index in [1.807, 2.05) is 0 Å². The molecular weight excluding hydrogens is 150 g/mol. The van der Waals surface area contributed by atoms with E-state index in [0.717, 1.165) is 25.3 Å². The Morgan fingerprint density at radius 2 is 2.33 bits per heavy atom. The highest BCUT2D eigenvalue weighted by Crippen LogP contribution is 2.18. The smallest absolute Gasteiger partial charge is 0.129 e. The first-order valence-electron chi connectivity index (χ1n) is 4.93. The predicted molar refractivity (Wildman–Crippen MR) is 50.1 cm³/mol. The summed E-state index contributed by atoms with van der Waals surface area (Å²) in [5.74, 6) is 1.12. The molecule has 1 rings (SSSR count). The second-order valence-corrected chi connectivity index (χ2v) is 3.92. The Morgan fingerprint density at radius 3 is 2.83 bits per heavy atom. The Kier molecular flexibility index (Phi) is 3.73. The van der Waals surface area contributed by atoms with Gasteiger partial charge in [-0.1, -0.05) is 6.92 Å². The summed E-state index contributed by atoms with van der Waals surface area (Å²) in [4.78, 5) is 10.7. The van der Waals surface area contributed by atoms with Gasteiger partial charge in [-0.3, -0.25) is 0 Å². The lowest BCUT2D eigenvalue weighted by Crippen LogP contribution is -2.25. The molecule has 0 saturated carbocycles. The van der Waals surface area contributed by atoms with Gasteiger partial charge in [-0.25, -0.2) is 0 Å². The molecule has 0 aromatic carbocycles. The van der Waals surface area contributed by atoms with Crippen molar-refractivity contribution in [2.75, 3.05) is 6.54 Å². The molecule has 1 N–H and O–H groups in total. The Labute approximate surface area is 74.7 Å². The number of rotatable bonds is 4. The zero-order valence-corrected chi connectivity index (χ0v) is 8.10. The van der Waals surface area contributed by atoms with Gasteiger partial charge in [0.1, 0.15) is 5.78 Å². The fraction of sp³-hybridized carbons (Fsp3) is 0.900. The molecule has 0 aromatic rings. The first kappa shape index (κ1) is 9.72. The third kappa shape index (κ3) is 2.94. The van der Waals surface area contributed by atoms with Gasteiger partial charge in [0.2, 0.25) is 0 Å². The van der Waals surface area contributed by atoms with Crippen molar-refractivity contribution in [2.45, 2.75) is 45.6 Å². The standard InChI is InChI=1S/C10H19NO/c1-8-6-7-11-10(8)5-3-4-9(2)12/h8,10-11H,3-7H2,1-2H3/t8-,10+/m1/s1. The van der Waals surface area contributed by atoms with E-state index in [0.29, 0.717) is 11.8 Å². The molecular formula is C10H19NO. The molecule has 1 aliphatic heterocycles. The maximum atomic E-state index is 10.7. The van der Waals surface area contributed by atoms with Crippen LogP contribution in [0.1, 0.15) is 39.5 Å². The quantitative estimate of drug-likeness (QED) is 0.694. The van der Waals surface area contributed by atoms with Crippen LogP contribution in [-0.2, 0) is 4.79 Å². The van der Waals surface area contributed by atoms with E-state index in [4.69, 9.17) is 0 Å². The summed E-state index contributed by atoms with van der Waals surface area (Å²) in [5, 5.41) is 3.47. The van der Waals surface area contributed by atoms with Crippen molar-refractivity contribution < 1.29 is 4.79 Å². The molecule has 0 unspecified atom stereocenters. The van der Waals surface area contributed by atoms with Crippen LogP contribution >= 0.6 is 0 Å². The second kappa shape index (κ2) is 4.61. The number of ketones is 1. The van der Waals surface area contributed by atoms with Crippen molar-refractivity contribution in [2.24, 2.45) is 5.92 Å². The molecule has 1 fully saturated rings. The molecule has 0 aromatic heterocycles. The zero-order chi connectivity index (χ0) is 8.97. The average Bonchev–Trinajstić information content (AvgIpc) is 2.36. The number of hydrogen-bond donors (Lipinski definition) is 1. The van der Waals surface area contributed by atoms with E-state index >= 15 is 0 Å². The molecule has 0 amide bonds. The third-order valence-electron chi connectivity index (χ3n) is 2.74. The fourth-order valence-corrected chi connectivity index (χ4v) is 1.86. The van der Waals surface area contributed by atoms with E-state index in [1.54, 1.807) is 6.92 Å². The van der Waals surface area contributed by atoms with Crippen molar-refractivity contribution in [3.8, 4) is 0 Å². The predicted octanol–water partition coefficient (Wildman–Crippen LogP) is 1.74. The highest BCUT2D eigenvalue weighted by molar-refractivity contribution is 5.75. The van der Waals surface area contributed by atoms with Gasteiger partial charge in [0.15, 0.2) is 0 Å². The van der Waals surface area contributed by atoms with Crippen molar-refractivity contribution in [1.82, 2.24) is 5.32 Å². The highest BCUT2D eigenvalue weighted by atomic mass is 16.1. The Bertz CT molecular complexity index is 156.